The fraction of sp³-hybridized carbons (Fsp3) is 0.105. The van der Waals surface area contributed by atoms with E-state index < -0.39 is 5.97 Å². The summed E-state index contributed by atoms with van der Waals surface area (Å²) in [5, 5.41) is 0.717. The fourth-order valence-electron chi connectivity index (χ4n) is 2.53. The first kappa shape index (κ1) is 15.7. The van der Waals surface area contributed by atoms with E-state index in [2.05, 4.69) is 0 Å². The summed E-state index contributed by atoms with van der Waals surface area (Å²) in [6, 6.07) is 16.8. The number of Topliss-reactive ketones (excluding diaryl/α,β-unsaturated/α-hetero) is 1. The van der Waals surface area contributed by atoms with E-state index in [1.165, 1.54) is 17.6 Å². The zero-order valence-electron chi connectivity index (χ0n) is 13.1. The molecule has 0 spiro atoms. The molecule has 0 bridgehead atoms. The van der Waals surface area contributed by atoms with Gasteiger partial charge in [0.25, 0.3) is 5.56 Å². The average molecular weight is 321 g/mol. The maximum Gasteiger partial charge on any atom is 0.308 e. The predicted molar refractivity (Wildman–Crippen MR) is 90.3 cm³/mol. The van der Waals surface area contributed by atoms with Crippen molar-refractivity contribution in [3.63, 3.8) is 0 Å². The molecule has 0 fully saturated rings. The molecule has 1 heterocycles. The molecule has 0 radical (unpaired) electrons. The zero-order chi connectivity index (χ0) is 17.1. The zero-order valence-corrected chi connectivity index (χ0v) is 13.1. The van der Waals surface area contributed by atoms with Gasteiger partial charge in [-0.15, -0.1) is 0 Å². The second-order valence-corrected chi connectivity index (χ2v) is 5.36. The third-order valence-corrected chi connectivity index (χ3v) is 3.62. The van der Waals surface area contributed by atoms with Gasteiger partial charge in [0, 0.05) is 23.9 Å². The minimum atomic E-state index is -0.415. The van der Waals surface area contributed by atoms with Gasteiger partial charge in [-0.05, 0) is 24.3 Å². The van der Waals surface area contributed by atoms with Gasteiger partial charge < -0.3 is 9.30 Å². The lowest BCUT2D eigenvalue weighted by molar-refractivity contribution is -0.131. The number of nitrogens with zero attached hydrogens (tertiary/aromatic N) is 1. The summed E-state index contributed by atoms with van der Waals surface area (Å²) >= 11 is 0. The second kappa shape index (κ2) is 6.50. The molecule has 24 heavy (non-hydrogen) atoms. The highest BCUT2D eigenvalue weighted by Gasteiger charge is 2.11. The third kappa shape index (κ3) is 3.25. The van der Waals surface area contributed by atoms with Gasteiger partial charge in [0.1, 0.15) is 5.75 Å². The summed E-state index contributed by atoms with van der Waals surface area (Å²) in [7, 11) is 0. The highest BCUT2D eigenvalue weighted by molar-refractivity contribution is 5.96. The lowest BCUT2D eigenvalue weighted by Gasteiger charge is -2.10. The van der Waals surface area contributed by atoms with Crippen LogP contribution in [0.2, 0.25) is 0 Å². The Kier molecular flexibility index (Phi) is 4.24. The van der Waals surface area contributed by atoms with E-state index in [0.717, 1.165) is 0 Å². The molecule has 0 unspecified atom stereocenters. The van der Waals surface area contributed by atoms with Crippen LogP contribution in [-0.2, 0) is 11.3 Å². The van der Waals surface area contributed by atoms with Crippen LogP contribution in [0.15, 0.2) is 65.5 Å². The molecule has 3 rings (SSSR count). The van der Waals surface area contributed by atoms with Crippen molar-refractivity contribution < 1.29 is 14.3 Å². The minimum Gasteiger partial charge on any atom is -0.427 e. The van der Waals surface area contributed by atoms with Crippen molar-refractivity contribution in [1.29, 1.82) is 0 Å². The van der Waals surface area contributed by atoms with Crippen LogP contribution in [0, 0.1) is 0 Å². The van der Waals surface area contributed by atoms with Crippen molar-refractivity contribution in [3.05, 3.63) is 76.6 Å². The summed E-state index contributed by atoms with van der Waals surface area (Å²) in [4.78, 5) is 35.6. The minimum absolute atomic E-state index is 0.0485. The van der Waals surface area contributed by atoms with Crippen molar-refractivity contribution in [1.82, 2.24) is 4.57 Å². The van der Waals surface area contributed by atoms with Crippen molar-refractivity contribution in [2.24, 2.45) is 0 Å². The summed E-state index contributed by atoms with van der Waals surface area (Å²) in [5.41, 5.74) is 0.910. The molecule has 0 aliphatic heterocycles. The standard InChI is InChI=1S/C19H15NO4/c1-13(21)24-16-8-9-17-15(11-16)7-10-19(23)20(17)12-18(22)14-5-3-2-4-6-14/h2-11H,12H2,1H3. The molecule has 0 aliphatic carbocycles. The van der Waals surface area contributed by atoms with E-state index in [1.54, 1.807) is 48.5 Å². The van der Waals surface area contributed by atoms with Crippen molar-refractivity contribution in [2.45, 2.75) is 13.5 Å². The Morgan fingerprint density at radius 2 is 1.75 bits per heavy atom. The number of rotatable bonds is 4. The van der Waals surface area contributed by atoms with Crippen LogP contribution in [-0.4, -0.2) is 16.3 Å². The number of fused-ring (bicyclic) bond motifs is 1. The van der Waals surface area contributed by atoms with E-state index in [-0.39, 0.29) is 17.9 Å². The Labute approximate surface area is 138 Å². The first-order valence-electron chi connectivity index (χ1n) is 7.45. The third-order valence-electron chi connectivity index (χ3n) is 3.62. The number of benzene rings is 2. The molecule has 0 saturated carbocycles. The fourth-order valence-corrected chi connectivity index (χ4v) is 2.53. The Morgan fingerprint density at radius 1 is 1.00 bits per heavy atom. The van der Waals surface area contributed by atoms with Gasteiger partial charge in [0.05, 0.1) is 12.1 Å². The van der Waals surface area contributed by atoms with Gasteiger partial charge in [-0.25, -0.2) is 0 Å². The molecular formula is C19H15NO4. The lowest BCUT2D eigenvalue weighted by Crippen LogP contribution is -2.23. The van der Waals surface area contributed by atoms with Gasteiger partial charge in [-0.2, -0.15) is 0 Å². The molecular weight excluding hydrogens is 306 g/mol. The van der Waals surface area contributed by atoms with E-state index in [9.17, 15) is 14.4 Å². The molecule has 0 N–H and O–H groups in total. The van der Waals surface area contributed by atoms with Crippen LogP contribution in [0.3, 0.4) is 0 Å². The maximum absolute atomic E-state index is 12.4. The first-order valence-corrected chi connectivity index (χ1v) is 7.45. The average Bonchev–Trinajstić information content (AvgIpc) is 2.57. The van der Waals surface area contributed by atoms with E-state index >= 15 is 0 Å². The van der Waals surface area contributed by atoms with Crippen LogP contribution < -0.4 is 10.3 Å². The molecule has 0 saturated heterocycles. The first-order chi connectivity index (χ1) is 11.5. The predicted octanol–water partition coefficient (Wildman–Crippen LogP) is 2.81. The van der Waals surface area contributed by atoms with Crippen molar-refractivity contribution >= 4 is 22.7 Å². The number of hydrogen-bond acceptors (Lipinski definition) is 4. The SMILES string of the molecule is CC(=O)Oc1ccc2c(ccc(=O)n2CC(=O)c2ccccc2)c1. The van der Waals surface area contributed by atoms with E-state index in [1.807, 2.05) is 6.07 Å². The summed E-state index contributed by atoms with van der Waals surface area (Å²) in [6.45, 7) is 1.27. The van der Waals surface area contributed by atoms with Crippen LogP contribution in [0.25, 0.3) is 10.9 Å². The molecule has 5 nitrogen and oxygen atoms in total. The number of ketones is 1. The maximum atomic E-state index is 12.4. The van der Waals surface area contributed by atoms with Gasteiger partial charge in [-0.1, -0.05) is 30.3 Å². The van der Waals surface area contributed by atoms with Crippen LogP contribution in [0.5, 0.6) is 5.75 Å². The smallest absolute Gasteiger partial charge is 0.308 e. The number of carbonyl (C=O) groups excluding carboxylic acids is 2. The Balaban J connectivity index is 2.01. The summed E-state index contributed by atoms with van der Waals surface area (Å²) in [6.07, 6.45) is 0. The number of pyridine rings is 1. The number of aromatic nitrogens is 1. The molecule has 5 heteroatoms. The summed E-state index contributed by atoms with van der Waals surface area (Å²) < 4.78 is 6.47. The number of ether oxygens (including phenoxy) is 1. The van der Waals surface area contributed by atoms with Gasteiger partial charge in [0.2, 0.25) is 0 Å². The van der Waals surface area contributed by atoms with Crippen LogP contribution in [0.1, 0.15) is 17.3 Å². The highest BCUT2D eigenvalue weighted by Crippen LogP contribution is 2.20. The lowest BCUT2D eigenvalue weighted by atomic mass is 10.1. The Bertz CT molecular complexity index is 974. The number of carbonyl (C=O) groups is 2. The second-order valence-electron chi connectivity index (χ2n) is 5.36. The normalized spacial score (nSPS) is 10.5. The largest absolute Gasteiger partial charge is 0.427 e. The Morgan fingerprint density at radius 3 is 2.46 bits per heavy atom. The van der Waals surface area contributed by atoms with E-state index in [4.69, 9.17) is 4.74 Å². The van der Waals surface area contributed by atoms with Gasteiger partial charge >= 0.3 is 5.97 Å². The van der Waals surface area contributed by atoms with E-state index in [0.29, 0.717) is 22.2 Å². The van der Waals surface area contributed by atoms with Crippen molar-refractivity contribution in [3.8, 4) is 5.75 Å². The molecule has 0 aliphatic rings. The quantitative estimate of drug-likeness (QED) is 0.421. The summed E-state index contributed by atoms with van der Waals surface area (Å²) in [5.74, 6) is -0.161. The highest BCUT2D eigenvalue weighted by atomic mass is 16.5. The number of esters is 1. The molecule has 1 aromatic heterocycles. The van der Waals surface area contributed by atoms with Crippen LogP contribution >= 0.6 is 0 Å². The number of hydrogen-bond donors (Lipinski definition) is 0. The molecule has 120 valence electrons. The van der Waals surface area contributed by atoms with Crippen LogP contribution in [0.4, 0.5) is 0 Å². The topological polar surface area (TPSA) is 65.4 Å². The Hall–Kier alpha value is -3.21. The molecule has 2 aromatic carbocycles. The van der Waals surface area contributed by atoms with Crippen molar-refractivity contribution in [2.75, 3.05) is 0 Å². The van der Waals surface area contributed by atoms with Gasteiger partial charge in [0.15, 0.2) is 5.78 Å². The molecule has 0 amide bonds. The monoisotopic (exact) mass is 321 g/mol. The van der Waals surface area contributed by atoms with Gasteiger partial charge in [-0.3, -0.25) is 14.4 Å². The molecule has 0 atom stereocenters. The molecule has 3 aromatic rings.